The van der Waals surface area contributed by atoms with Gasteiger partial charge in [-0.15, -0.1) is 0 Å². The molecule has 1 unspecified atom stereocenters. The fourth-order valence-electron chi connectivity index (χ4n) is 0.973. The molecule has 5 heteroatoms. The summed E-state index contributed by atoms with van der Waals surface area (Å²) in [6.45, 7) is 7.77. The van der Waals surface area contributed by atoms with E-state index in [4.69, 9.17) is 4.74 Å². The van der Waals surface area contributed by atoms with Gasteiger partial charge in [0, 0.05) is 5.92 Å². The largest absolute Gasteiger partial charge is 0.456 e. The Morgan fingerprint density at radius 1 is 1.18 bits per heavy atom. The SMILES string of the molecule is CCOC(=O)C#CC(NC(=O)OCC)C(C)C. The Morgan fingerprint density at radius 3 is 2.24 bits per heavy atom. The average molecular weight is 241 g/mol. The van der Waals surface area contributed by atoms with Gasteiger partial charge in [-0.1, -0.05) is 19.8 Å². The lowest BCUT2D eigenvalue weighted by Crippen LogP contribution is -2.38. The monoisotopic (exact) mass is 241 g/mol. The fourth-order valence-corrected chi connectivity index (χ4v) is 0.973. The zero-order valence-electron chi connectivity index (χ0n) is 10.7. The van der Waals surface area contributed by atoms with Crippen molar-refractivity contribution in [2.45, 2.75) is 33.7 Å². The molecule has 0 heterocycles. The van der Waals surface area contributed by atoms with E-state index in [1.807, 2.05) is 13.8 Å². The molecule has 0 saturated carbocycles. The molecule has 0 aliphatic carbocycles. The van der Waals surface area contributed by atoms with Gasteiger partial charge >= 0.3 is 12.1 Å². The molecule has 0 rings (SSSR count). The Labute approximate surface area is 102 Å². The maximum atomic E-state index is 11.2. The molecule has 17 heavy (non-hydrogen) atoms. The molecule has 0 bridgehead atoms. The van der Waals surface area contributed by atoms with E-state index in [9.17, 15) is 9.59 Å². The first kappa shape index (κ1) is 15.3. The summed E-state index contributed by atoms with van der Waals surface area (Å²) in [5.41, 5.74) is 0. The highest BCUT2D eigenvalue weighted by Crippen LogP contribution is 2.00. The minimum atomic E-state index is -0.594. The third-order valence-corrected chi connectivity index (χ3v) is 1.82. The van der Waals surface area contributed by atoms with E-state index in [1.54, 1.807) is 13.8 Å². The summed E-state index contributed by atoms with van der Waals surface area (Å²) < 4.78 is 9.41. The Kier molecular flexibility index (Phi) is 7.61. The Morgan fingerprint density at radius 2 is 1.76 bits per heavy atom. The number of rotatable bonds is 4. The molecular weight excluding hydrogens is 222 g/mol. The zero-order valence-corrected chi connectivity index (χ0v) is 10.7. The maximum absolute atomic E-state index is 11.2. The molecule has 1 N–H and O–H groups in total. The second-order valence-electron chi connectivity index (χ2n) is 3.58. The number of alkyl carbamates (subject to hydrolysis) is 1. The molecule has 96 valence electrons. The van der Waals surface area contributed by atoms with Crippen molar-refractivity contribution < 1.29 is 19.1 Å². The molecule has 1 atom stereocenters. The number of nitrogens with one attached hydrogen (secondary N) is 1. The molecule has 0 radical (unpaired) electrons. The van der Waals surface area contributed by atoms with Crippen LogP contribution >= 0.6 is 0 Å². The van der Waals surface area contributed by atoms with Crippen LogP contribution in [0.4, 0.5) is 4.79 Å². The van der Waals surface area contributed by atoms with E-state index in [-0.39, 0.29) is 12.5 Å². The molecule has 0 aliphatic heterocycles. The molecule has 0 saturated heterocycles. The molecule has 5 nitrogen and oxygen atoms in total. The van der Waals surface area contributed by atoms with Crippen molar-refractivity contribution in [2.24, 2.45) is 5.92 Å². The third-order valence-electron chi connectivity index (χ3n) is 1.82. The lowest BCUT2D eigenvalue weighted by molar-refractivity contribution is -0.136. The highest BCUT2D eigenvalue weighted by atomic mass is 16.5. The van der Waals surface area contributed by atoms with E-state index in [1.165, 1.54) is 0 Å². The van der Waals surface area contributed by atoms with Gasteiger partial charge in [-0.3, -0.25) is 0 Å². The lowest BCUT2D eigenvalue weighted by Gasteiger charge is -2.15. The van der Waals surface area contributed by atoms with Crippen LogP contribution in [0, 0.1) is 17.8 Å². The van der Waals surface area contributed by atoms with Gasteiger partial charge in [0.25, 0.3) is 0 Å². The number of ether oxygens (including phenoxy) is 2. The second kappa shape index (κ2) is 8.45. The topological polar surface area (TPSA) is 64.6 Å². The van der Waals surface area contributed by atoms with Crippen molar-refractivity contribution in [1.82, 2.24) is 5.32 Å². The Balaban J connectivity index is 4.43. The van der Waals surface area contributed by atoms with E-state index in [0.717, 1.165) is 0 Å². The molecule has 0 aliphatic rings. The predicted molar refractivity (Wildman–Crippen MR) is 63.2 cm³/mol. The lowest BCUT2D eigenvalue weighted by atomic mass is 10.1. The number of hydrogen-bond donors (Lipinski definition) is 1. The summed E-state index contributed by atoms with van der Waals surface area (Å²) in [4.78, 5) is 22.3. The average Bonchev–Trinajstić information content (AvgIpc) is 2.24. The molecule has 0 fully saturated rings. The van der Waals surface area contributed by atoms with Gasteiger partial charge in [-0.2, -0.15) is 0 Å². The maximum Gasteiger partial charge on any atom is 0.408 e. The minimum absolute atomic E-state index is 0.0707. The minimum Gasteiger partial charge on any atom is -0.456 e. The smallest absolute Gasteiger partial charge is 0.408 e. The van der Waals surface area contributed by atoms with Crippen LogP contribution in [0.15, 0.2) is 0 Å². The van der Waals surface area contributed by atoms with Crippen LogP contribution in [-0.4, -0.2) is 31.3 Å². The van der Waals surface area contributed by atoms with Crippen LogP contribution < -0.4 is 5.32 Å². The summed E-state index contributed by atoms with van der Waals surface area (Å²) in [7, 11) is 0. The van der Waals surface area contributed by atoms with Gasteiger partial charge in [0.2, 0.25) is 0 Å². The van der Waals surface area contributed by atoms with Crippen molar-refractivity contribution in [3.05, 3.63) is 0 Å². The summed E-state index contributed by atoms with van der Waals surface area (Å²) in [6, 6.07) is -0.432. The number of carbonyl (C=O) groups excluding carboxylic acids is 2. The van der Waals surface area contributed by atoms with Crippen LogP contribution in [0.5, 0.6) is 0 Å². The first-order chi connectivity index (χ1) is 8.01. The van der Waals surface area contributed by atoms with Gasteiger partial charge in [0.1, 0.15) is 0 Å². The number of hydrogen-bond acceptors (Lipinski definition) is 4. The first-order valence-electron chi connectivity index (χ1n) is 5.62. The highest BCUT2D eigenvalue weighted by Gasteiger charge is 2.14. The fraction of sp³-hybridized carbons (Fsp3) is 0.667. The van der Waals surface area contributed by atoms with Crippen LogP contribution in [0.25, 0.3) is 0 Å². The van der Waals surface area contributed by atoms with Gasteiger partial charge in [-0.05, 0) is 19.8 Å². The van der Waals surface area contributed by atoms with Crippen LogP contribution in [0.3, 0.4) is 0 Å². The summed E-state index contributed by atoms with van der Waals surface area (Å²) >= 11 is 0. The van der Waals surface area contributed by atoms with Crippen LogP contribution in [-0.2, 0) is 14.3 Å². The van der Waals surface area contributed by atoms with E-state index in [2.05, 4.69) is 21.9 Å². The highest BCUT2D eigenvalue weighted by molar-refractivity contribution is 5.88. The number of amides is 1. The Bertz CT molecular complexity index is 314. The molecule has 0 aromatic carbocycles. The summed E-state index contributed by atoms with van der Waals surface area (Å²) in [5.74, 6) is 4.46. The normalized spacial score (nSPS) is 11.1. The van der Waals surface area contributed by atoms with Gasteiger partial charge in [0.15, 0.2) is 0 Å². The summed E-state index contributed by atoms with van der Waals surface area (Å²) in [6.07, 6.45) is -0.538. The van der Waals surface area contributed by atoms with E-state index >= 15 is 0 Å². The third kappa shape index (κ3) is 7.23. The van der Waals surface area contributed by atoms with Crippen molar-refractivity contribution >= 4 is 12.1 Å². The molecular formula is C12H19NO4. The van der Waals surface area contributed by atoms with Gasteiger partial charge in [-0.25, -0.2) is 9.59 Å². The van der Waals surface area contributed by atoms with E-state index in [0.29, 0.717) is 6.61 Å². The van der Waals surface area contributed by atoms with Gasteiger partial charge in [0.05, 0.1) is 19.3 Å². The molecule has 1 amide bonds. The first-order valence-corrected chi connectivity index (χ1v) is 5.62. The standard InChI is InChI=1S/C12H19NO4/c1-5-16-11(14)8-7-10(9(3)4)13-12(15)17-6-2/h9-10H,5-6H2,1-4H3,(H,13,15). The Hall–Kier alpha value is -1.70. The van der Waals surface area contributed by atoms with Crippen molar-refractivity contribution in [2.75, 3.05) is 13.2 Å². The van der Waals surface area contributed by atoms with Crippen molar-refractivity contribution in [3.63, 3.8) is 0 Å². The predicted octanol–water partition coefficient (Wildman–Crippen LogP) is 1.32. The quantitative estimate of drug-likeness (QED) is 0.458. The zero-order chi connectivity index (χ0) is 13.3. The molecule has 0 aromatic rings. The summed E-state index contributed by atoms with van der Waals surface area (Å²) in [5, 5.41) is 2.57. The van der Waals surface area contributed by atoms with Crippen LogP contribution in [0.1, 0.15) is 27.7 Å². The van der Waals surface area contributed by atoms with Crippen LogP contribution in [0.2, 0.25) is 0 Å². The molecule has 0 aromatic heterocycles. The number of esters is 1. The van der Waals surface area contributed by atoms with Crippen molar-refractivity contribution in [3.8, 4) is 11.8 Å². The van der Waals surface area contributed by atoms with Crippen molar-refractivity contribution in [1.29, 1.82) is 0 Å². The van der Waals surface area contributed by atoms with Gasteiger partial charge < -0.3 is 14.8 Å². The second-order valence-corrected chi connectivity index (χ2v) is 3.58. The van der Waals surface area contributed by atoms with E-state index < -0.39 is 18.1 Å². The molecule has 0 spiro atoms. The number of carbonyl (C=O) groups is 2.